The first kappa shape index (κ1) is 9.32. The molecule has 0 N–H and O–H groups in total. The van der Waals surface area contributed by atoms with Crippen molar-refractivity contribution in [1.82, 2.24) is 0 Å². The Labute approximate surface area is 76.0 Å². The van der Waals surface area contributed by atoms with E-state index in [-0.39, 0.29) is 0 Å². The summed E-state index contributed by atoms with van der Waals surface area (Å²) in [5.74, 6) is 0.375. The Morgan fingerprint density at radius 2 is 2.15 bits per heavy atom. The molecule has 68 valence electrons. The first-order chi connectivity index (χ1) is 6.33. The first-order valence-corrected chi connectivity index (χ1v) is 3.80. The van der Waals surface area contributed by atoms with Crippen LogP contribution in [-0.4, -0.2) is 6.29 Å². The molecule has 2 aromatic rings. The number of hydrogen-bond donors (Lipinski definition) is 0. The van der Waals surface area contributed by atoms with Crippen molar-refractivity contribution in [2.24, 2.45) is 0 Å². The van der Waals surface area contributed by atoms with E-state index in [4.69, 9.17) is 4.42 Å². The van der Waals surface area contributed by atoms with Crippen molar-refractivity contribution in [2.75, 3.05) is 0 Å². The highest BCUT2D eigenvalue weighted by Gasteiger charge is 1.84. The summed E-state index contributed by atoms with van der Waals surface area (Å²) in [7, 11) is 0. The molecule has 0 amide bonds. The van der Waals surface area contributed by atoms with E-state index in [1.165, 1.54) is 11.8 Å². The quantitative estimate of drug-likeness (QED) is 0.630. The monoisotopic (exact) mass is 178 g/mol. The second-order valence-corrected chi connectivity index (χ2v) is 2.43. The highest BCUT2D eigenvalue weighted by atomic mass is 16.3. The number of carbonyl (C=O) groups excluding carboxylic acids is 1. The van der Waals surface area contributed by atoms with E-state index < -0.39 is 0 Å². The predicted octanol–water partition coefficient (Wildman–Crippen LogP) is 2.68. The highest BCUT2D eigenvalue weighted by Crippen LogP contribution is 1.93. The molecular weight excluding hydrogens is 168 g/mol. The Hall–Kier alpha value is -1.77. The minimum atomic E-state index is 0.375. The van der Waals surface area contributed by atoms with E-state index in [9.17, 15) is 4.79 Å². The summed E-state index contributed by atoms with van der Waals surface area (Å²) in [5.41, 5.74) is 1.18. The van der Waals surface area contributed by atoms with Crippen LogP contribution in [0.1, 0.15) is 16.1 Å². The summed E-state index contributed by atoms with van der Waals surface area (Å²) in [5, 5.41) is 0. The van der Waals surface area contributed by atoms with Crippen LogP contribution in [0.25, 0.3) is 0 Å². The molecular formula is C10H10O3. The van der Waals surface area contributed by atoms with E-state index in [2.05, 4.69) is 4.42 Å². The SMILES string of the molecule is Cc1ccoc1.O=Cc1ccco1. The van der Waals surface area contributed by atoms with Crippen molar-refractivity contribution in [3.63, 3.8) is 0 Å². The molecule has 2 rings (SSSR count). The molecule has 0 aromatic carbocycles. The minimum absolute atomic E-state index is 0.375. The molecule has 2 aromatic heterocycles. The zero-order valence-corrected chi connectivity index (χ0v) is 7.27. The van der Waals surface area contributed by atoms with Crippen molar-refractivity contribution < 1.29 is 13.6 Å². The van der Waals surface area contributed by atoms with Gasteiger partial charge in [0.2, 0.25) is 0 Å². The fraction of sp³-hybridized carbons (Fsp3) is 0.100. The molecule has 0 aliphatic rings. The Morgan fingerprint density at radius 1 is 1.31 bits per heavy atom. The van der Waals surface area contributed by atoms with Crippen LogP contribution >= 0.6 is 0 Å². The van der Waals surface area contributed by atoms with Crippen molar-refractivity contribution in [3.05, 3.63) is 48.3 Å². The van der Waals surface area contributed by atoms with E-state index in [1.807, 2.05) is 13.0 Å². The molecule has 0 atom stereocenters. The molecule has 0 bridgehead atoms. The van der Waals surface area contributed by atoms with Crippen LogP contribution in [0, 0.1) is 6.92 Å². The van der Waals surface area contributed by atoms with Crippen LogP contribution in [0.2, 0.25) is 0 Å². The standard InChI is InChI=1S/C5H4O2.C5H6O/c6-4-5-2-1-3-7-5;1-5-2-3-6-4-5/h1-4H;2-4H,1H3. The van der Waals surface area contributed by atoms with E-state index in [0.29, 0.717) is 12.0 Å². The van der Waals surface area contributed by atoms with Crippen LogP contribution in [0.4, 0.5) is 0 Å². The normalized spacial score (nSPS) is 8.69. The Bertz CT molecular complexity index is 319. The number of hydrogen-bond acceptors (Lipinski definition) is 3. The molecule has 0 spiro atoms. The average molecular weight is 178 g/mol. The Morgan fingerprint density at radius 3 is 2.38 bits per heavy atom. The lowest BCUT2D eigenvalue weighted by Gasteiger charge is -1.68. The topological polar surface area (TPSA) is 43.4 Å². The van der Waals surface area contributed by atoms with Gasteiger partial charge in [0.15, 0.2) is 12.0 Å². The number of aldehydes is 1. The second-order valence-electron chi connectivity index (χ2n) is 2.43. The molecule has 0 aliphatic heterocycles. The summed E-state index contributed by atoms with van der Waals surface area (Å²) in [6, 6.07) is 5.19. The molecule has 3 heteroatoms. The number of aryl methyl sites for hydroxylation is 1. The molecule has 3 nitrogen and oxygen atoms in total. The van der Waals surface area contributed by atoms with Gasteiger partial charge in [-0.25, -0.2) is 0 Å². The third-order valence-electron chi connectivity index (χ3n) is 1.32. The first-order valence-electron chi connectivity index (χ1n) is 3.80. The van der Waals surface area contributed by atoms with Gasteiger partial charge in [0, 0.05) is 0 Å². The molecule has 13 heavy (non-hydrogen) atoms. The molecule has 0 saturated carbocycles. The van der Waals surface area contributed by atoms with Crippen molar-refractivity contribution >= 4 is 6.29 Å². The summed E-state index contributed by atoms with van der Waals surface area (Å²) < 4.78 is 9.33. The maximum atomic E-state index is 9.77. The van der Waals surface area contributed by atoms with Gasteiger partial charge in [-0.2, -0.15) is 0 Å². The maximum absolute atomic E-state index is 9.77. The van der Waals surface area contributed by atoms with Gasteiger partial charge in [-0.15, -0.1) is 0 Å². The highest BCUT2D eigenvalue weighted by molar-refractivity contribution is 5.69. The summed E-state index contributed by atoms with van der Waals surface area (Å²) in [4.78, 5) is 9.77. The van der Waals surface area contributed by atoms with Gasteiger partial charge in [0.1, 0.15) is 0 Å². The van der Waals surface area contributed by atoms with Gasteiger partial charge in [-0.05, 0) is 30.7 Å². The van der Waals surface area contributed by atoms with Crippen LogP contribution in [0.5, 0.6) is 0 Å². The van der Waals surface area contributed by atoms with E-state index in [0.717, 1.165) is 0 Å². The Balaban J connectivity index is 0.000000132. The van der Waals surface area contributed by atoms with Gasteiger partial charge in [0.25, 0.3) is 0 Å². The molecule has 0 fully saturated rings. The predicted molar refractivity (Wildman–Crippen MR) is 47.5 cm³/mol. The fourth-order valence-corrected chi connectivity index (χ4v) is 0.691. The lowest BCUT2D eigenvalue weighted by atomic mass is 10.4. The second kappa shape index (κ2) is 4.98. The zero-order chi connectivity index (χ0) is 9.52. The van der Waals surface area contributed by atoms with Crippen molar-refractivity contribution in [3.8, 4) is 0 Å². The molecule has 0 unspecified atom stereocenters. The largest absolute Gasteiger partial charge is 0.472 e. The zero-order valence-electron chi connectivity index (χ0n) is 7.27. The lowest BCUT2D eigenvalue weighted by Crippen LogP contribution is -1.65. The summed E-state index contributed by atoms with van der Waals surface area (Å²) >= 11 is 0. The minimum Gasteiger partial charge on any atom is -0.472 e. The van der Waals surface area contributed by atoms with Crippen LogP contribution in [0.15, 0.2) is 45.8 Å². The van der Waals surface area contributed by atoms with E-state index >= 15 is 0 Å². The molecule has 2 heterocycles. The summed E-state index contributed by atoms with van der Waals surface area (Å²) in [6.45, 7) is 1.99. The van der Waals surface area contributed by atoms with Crippen LogP contribution < -0.4 is 0 Å². The van der Waals surface area contributed by atoms with Gasteiger partial charge in [0.05, 0.1) is 18.8 Å². The maximum Gasteiger partial charge on any atom is 0.185 e. The number of carbonyl (C=O) groups is 1. The summed E-state index contributed by atoms with van der Waals surface area (Å²) in [6.07, 6.45) is 5.50. The molecule has 0 radical (unpaired) electrons. The molecule has 0 aliphatic carbocycles. The Kier molecular flexibility index (Phi) is 3.57. The van der Waals surface area contributed by atoms with Gasteiger partial charge < -0.3 is 8.83 Å². The third-order valence-corrected chi connectivity index (χ3v) is 1.32. The lowest BCUT2D eigenvalue weighted by molar-refractivity contribution is 0.110. The van der Waals surface area contributed by atoms with Gasteiger partial charge in [-0.1, -0.05) is 0 Å². The smallest absolute Gasteiger partial charge is 0.185 e. The number of rotatable bonds is 1. The van der Waals surface area contributed by atoms with Gasteiger partial charge in [-0.3, -0.25) is 4.79 Å². The van der Waals surface area contributed by atoms with Crippen molar-refractivity contribution in [2.45, 2.75) is 6.92 Å². The third kappa shape index (κ3) is 3.42. The van der Waals surface area contributed by atoms with Crippen LogP contribution in [0.3, 0.4) is 0 Å². The molecule has 0 saturated heterocycles. The van der Waals surface area contributed by atoms with Gasteiger partial charge >= 0.3 is 0 Å². The number of furan rings is 2. The average Bonchev–Trinajstić information content (AvgIpc) is 2.76. The van der Waals surface area contributed by atoms with E-state index in [1.54, 1.807) is 24.7 Å². The van der Waals surface area contributed by atoms with Crippen LogP contribution in [-0.2, 0) is 0 Å². The van der Waals surface area contributed by atoms with Crippen molar-refractivity contribution in [1.29, 1.82) is 0 Å². The fourth-order valence-electron chi connectivity index (χ4n) is 0.691.